The van der Waals surface area contributed by atoms with Gasteiger partial charge in [-0.05, 0) is 35.1 Å². The van der Waals surface area contributed by atoms with Crippen molar-refractivity contribution in [1.29, 1.82) is 0 Å². The molecule has 0 bridgehead atoms. The molecule has 0 amide bonds. The Morgan fingerprint density at radius 2 is 1.00 bits per heavy atom. The molecule has 0 radical (unpaired) electrons. The van der Waals surface area contributed by atoms with Crippen LogP contribution in [0.2, 0.25) is 0 Å². The number of nitrogens with zero attached hydrogens (tertiary/aromatic N) is 2. The van der Waals surface area contributed by atoms with E-state index in [1.165, 1.54) is 0 Å². The van der Waals surface area contributed by atoms with E-state index in [0.717, 1.165) is 47.1 Å². The van der Waals surface area contributed by atoms with Gasteiger partial charge in [0.15, 0.2) is 0 Å². The van der Waals surface area contributed by atoms with Gasteiger partial charge in [0.25, 0.3) is 0 Å². The highest BCUT2D eigenvalue weighted by atomic mass is 16.5. The van der Waals surface area contributed by atoms with Gasteiger partial charge >= 0.3 is 0 Å². The topological polar surface area (TPSA) is 43.2 Å². The van der Waals surface area contributed by atoms with Crippen LogP contribution in [0.15, 0.2) is 58.5 Å². The van der Waals surface area contributed by atoms with Crippen LogP contribution in [-0.2, 0) is 9.47 Å². The van der Waals surface area contributed by atoms with Crippen molar-refractivity contribution in [2.24, 2.45) is 21.8 Å². The minimum atomic E-state index is 0.146. The molecule has 0 fully saturated rings. The van der Waals surface area contributed by atoms with Crippen molar-refractivity contribution in [2.45, 2.75) is 39.9 Å². The fraction of sp³-hybridized carbons (Fsp3) is 0.417. The zero-order valence-electron chi connectivity index (χ0n) is 17.1. The maximum absolute atomic E-state index is 6.17. The monoisotopic (exact) mass is 376 g/mol. The van der Waals surface area contributed by atoms with E-state index in [-0.39, 0.29) is 12.2 Å². The van der Waals surface area contributed by atoms with Gasteiger partial charge in [0, 0.05) is 11.1 Å². The Labute approximate surface area is 167 Å². The smallest absolute Gasteiger partial charge is 0.217 e. The number of ether oxygens (including phenoxy) is 2. The fourth-order valence-electron chi connectivity index (χ4n) is 3.58. The molecule has 0 saturated heterocycles. The average Bonchev–Trinajstić information content (AvgIpc) is 3.38. The van der Waals surface area contributed by atoms with Gasteiger partial charge in [0.2, 0.25) is 11.8 Å². The second-order valence-electron chi connectivity index (χ2n) is 8.18. The molecule has 0 aromatic heterocycles. The number of rotatable bonds is 5. The quantitative estimate of drug-likeness (QED) is 0.740. The molecule has 146 valence electrons. The molecule has 2 aliphatic heterocycles. The lowest BCUT2D eigenvalue weighted by Gasteiger charge is -2.18. The highest BCUT2D eigenvalue weighted by Gasteiger charge is 2.28. The minimum Gasteiger partial charge on any atom is -0.472 e. The van der Waals surface area contributed by atoms with Crippen LogP contribution in [0, 0.1) is 11.8 Å². The first-order valence-electron chi connectivity index (χ1n) is 10.2. The Hall–Kier alpha value is -2.62. The summed E-state index contributed by atoms with van der Waals surface area (Å²) in [5.41, 5.74) is 4.25. The molecule has 2 aromatic rings. The largest absolute Gasteiger partial charge is 0.472 e. The van der Waals surface area contributed by atoms with Gasteiger partial charge in [-0.2, -0.15) is 0 Å². The molecule has 2 heterocycles. The van der Waals surface area contributed by atoms with Crippen molar-refractivity contribution in [1.82, 2.24) is 0 Å². The number of benzene rings is 2. The molecule has 0 aliphatic carbocycles. The second-order valence-corrected chi connectivity index (χ2v) is 8.18. The molecule has 28 heavy (non-hydrogen) atoms. The lowest BCUT2D eigenvalue weighted by molar-refractivity contribution is 0.171. The molecule has 2 aromatic carbocycles. The Kier molecular flexibility index (Phi) is 5.21. The van der Waals surface area contributed by atoms with Crippen LogP contribution in [-0.4, -0.2) is 37.1 Å². The van der Waals surface area contributed by atoms with E-state index in [2.05, 4.69) is 64.1 Å². The van der Waals surface area contributed by atoms with E-state index in [9.17, 15) is 0 Å². The summed E-state index contributed by atoms with van der Waals surface area (Å²) in [5, 5.41) is 0. The van der Waals surface area contributed by atoms with Crippen molar-refractivity contribution >= 4 is 11.8 Å². The summed E-state index contributed by atoms with van der Waals surface area (Å²) >= 11 is 0. The van der Waals surface area contributed by atoms with Gasteiger partial charge in [0.05, 0.1) is 13.1 Å². The first kappa shape index (κ1) is 18.7. The van der Waals surface area contributed by atoms with Crippen molar-refractivity contribution in [3.63, 3.8) is 0 Å². The second kappa shape index (κ2) is 7.78. The maximum Gasteiger partial charge on any atom is 0.217 e. The summed E-state index contributed by atoms with van der Waals surface area (Å²) in [5.74, 6) is 2.35. The summed E-state index contributed by atoms with van der Waals surface area (Å²) in [6.07, 6.45) is 0.292. The van der Waals surface area contributed by atoms with E-state index >= 15 is 0 Å². The zero-order chi connectivity index (χ0) is 19.7. The normalized spacial score (nSPS) is 21.5. The summed E-state index contributed by atoms with van der Waals surface area (Å²) in [4.78, 5) is 9.38. The van der Waals surface area contributed by atoms with Crippen molar-refractivity contribution in [3.8, 4) is 11.1 Å². The number of hydrogen-bond acceptors (Lipinski definition) is 4. The molecule has 0 saturated carbocycles. The first-order valence-corrected chi connectivity index (χ1v) is 10.2. The first-order chi connectivity index (χ1) is 13.5. The molecule has 2 unspecified atom stereocenters. The van der Waals surface area contributed by atoms with Crippen LogP contribution in [0.4, 0.5) is 0 Å². The van der Waals surface area contributed by atoms with Crippen LogP contribution in [0.25, 0.3) is 11.1 Å². The molecular weight excluding hydrogens is 348 g/mol. The lowest BCUT2D eigenvalue weighted by Crippen LogP contribution is -2.20. The minimum absolute atomic E-state index is 0.146. The molecule has 2 atom stereocenters. The van der Waals surface area contributed by atoms with Crippen LogP contribution in [0.5, 0.6) is 0 Å². The molecule has 2 aliphatic rings. The van der Waals surface area contributed by atoms with E-state index in [4.69, 9.17) is 19.5 Å². The molecular formula is C24H28N2O2. The van der Waals surface area contributed by atoms with Crippen LogP contribution in [0.3, 0.4) is 0 Å². The number of hydrogen-bond donors (Lipinski definition) is 0. The summed E-state index contributed by atoms with van der Waals surface area (Å²) < 4.78 is 12.3. The summed E-state index contributed by atoms with van der Waals surface area (Å²) in [6, 6.07) is 16.6. The highest BCUT2D eigenvalue weighted by molar-refractivity contribution is 6.07. The SMILES string of the molecule is CC(C)C1CN=C(c2ccccc2-c2ccccc2C2=NCC(C(C)C)O2)O1. The van der Waals surface area contributed by atoms with Gasteiger partial charge in [-0.15, -0.1) is 0 Å². The predicted molar refractivity (Wildman–Crippen MR) is 114 cm³/mol. The summed E-state index contributed by atoms with van der Waals surface area (Å²) in [7, 11) is 0. The van der Waals surface area contributed by atoms with Crippen molar-refractivity contribution in [2.75, 3.05) is 13.1 Å². The van der Waals surface area contributed by atoms with Crippen molar-refractivity contribution < 1.29 is 9.47 Å². The van der Waals surface area contributed by atoms with E-state index < -0.39 is 0 Å². The van der Waals surface area contributed by atoms with Gasteiger partial charge in [-0.3, -0.25) is 0 Å². The standard InChI is InChI=1S/C24H28N2O2/c1-15(2)21-13-25-23(27-21)19-11-7-5-9-17(19)18-10-6-8-12-20(18)24-26-14-22(28-24)16(3)4/h5-12,15-16,21-22H,13-14H2,1-4H3. The lowest BCUT2D eigenvalue weighted by atomic mass is 9.95. The van der Waals surface area contributed by atoms with Gasteiger partial charge in [0.1, 0.15) is 12.2 Å². The Morgan fingerprint density at radius 3 is 1.32 bits per heavy atom. The molecule has 4 rings (SSSR count). The fourth-order valence-corrected chi connectivity index (χ4v) is 3.58. The maximum atomic E-state index is 6.17. The molecule has 4 nitrogen and oxygen atoms in total. The zero-order valence-corrected chi connectivity index (χ0v) is 17.1. The van der Waals surface area contributed by atoms with Crippen LogP contribution in [0.1, 0.15) is 38.8 Å². The predicted octanol–water partition coefficient (Wildman–Crippen LogP) is 4.96. The van der Waals surface area contributed by atoms with Crippen molar-refractivity contribution in [3.05, 3.63) is 59.7 Å². The Morgan fingerprint density at radius 1 is 0.643 bits per heavy atom. The number of aliphatic imine (C=N–C) groups is 2. The van der Waals surface area contributed by atoms with Gasteiger partial charge < -0.3 is 9.47 Å². The average molecular weight is 377 g/mol. The molecule has 4 heteroatoms. The molecule has 0 N–H and O–H groups in total. The van der Waals surface area contributed by atoms with Gasteiger partial charge in [-0.1, -0.05) is 64.1 Å². The molecule has 0 spiro atoms. The third kappa shape index (κ3) is 3.56. The Balaban J connectivity index is 1.71. The van der Waals surface area contributed by atoms with E-state index in [1.54, 1.807) is 0 Å². The summed E-state index contributed by atoms with van der Waals surface area (Å²) in [6.45, 7) is 10.1. The van der Waals surface area contributed by atoms with Crippen LogP contribution >= 0.6 is 0 Å². The van der Waals surface area contributed by atoms with Gasteiger partial charge in [-0.25, -0.2) is 9.98 Å². The Bertz CT molecular complexity index is 839. The van der Waals surface area contributed by atoms with E-state index in [1.807, 2.05) is 12.1 Å². The van der Waals surface area contributed by atoms with E-state index in [0.29, 0.717) is 11.8 Å². The highest BCUT2D eigenvalue weighted by Crippen LogP contribution is 2.32. The third-order valence-electron chi connectivity index (χ3n) is 5.45. The van der Waals surface area contributed by atoms with Crippen LogP contribution < -0.4 is 0 Å². The third-order valence-corrected chi connectivity index (χ3v) is 5.45.